The maximum absolute atomic E-state index is 11.9. The minimum atomic E-state index is 0.0618. The average molecular weight is 319 g/mol. The lowest BCUT2D eigenvalue weighted by Gasteiger charge is -2.58. The van der Waals surface area contributed by atoms with E-state index in [4.69, 9.17) is 11.6 Å². The van der Waals surface area contributed by atoms with Crippen molar-refractivity contribution >= 4 is 17.4 Å². The Hall–Kier alpha value is -0.560. The fourth-order valence-corrected chi connectivity index (χ4v) is 6.98. The first kappa shape index (κ1) is 15.0. The Bertz CT molecular complexity index is 576. The van der Waals surface area contributed by atoms with Gasteiger partial charge in [0.15, 0.2) is 5.78 Å². The molecule has 0 bridgehead atoms. The molecule has 0 amide bonds. The van der Waals surface area contributed by atoms with Crippen LogP contribution in [-0.2, 0) is 4.79 Å². The number of hydrogen-bond donors (Lipinski definition) is 0. The monoisotopic (exact) mass is 318 g/mol. The lowest BCUT2D eigenvalue weighted by molar-refractivity contribution is -0.117. The van der Waals surface area contributed by atoms with Gasteiger partial charge in [-0.05, 0) is 78.8 Å². The van der Waals surface area contributed by atoms with Gasteiger partial charge in [-0.1, -0.05) is 26.0 Å². The zero-order valence-electron chi connectivity index (χ0n) is 13.8. The Balaban J connectivity index is 1.74. The first-order chi connectivity index (χ1) is 10.4. The smallest absolute Gasteiger partial charge is 0.155 e. The molecule has 0 saturated heterocycles. The summed E-state index contributed by atoms with van der Waals surface area (Å²) in [6, 6.07) is 0. The van der Waals surface area contributed by atoms with Gasteiger partial charge in [-0.2, -0.15) is 0 Å². The van der Waals surface area contributed by atoms with Crippen LogP contribution < -0.4 is 0 Å². The molecule has 3 fully saturated rings. The second kappa shape index (κ2) is 4.72. The van der Waals surface area contributed by atoms with E-state index in [0.29, 0.717) is 17.8 Å². The summed E-state index contributed by atoms with van der Waals surface area (Å²) in [4.78, 5) is 11.9. The SMILES string of the molecule is C=C1CCC2C3C[C@@H](Cl)C4=CC(=O)CC[C@]4(C)C3CC[C@]12C. The molecule has 0 radical (unpaired) electrons. The van der Waals surface area contributed by atoms with Gasteiger partial charge in [-0.15, -0.1) is 11.6 Å². The highest BCUT2D eigenvalue weighted by Crippen LogP contribution is 2.66. The Morgan fingerprint density at radius 2 is 1.86 bits per heavy atom. The van der Waals surface area contributed by atoms with Crippen molar-refractivity contribution in [2.45, 2.75) is 64.2 Å². The van der Waals surface area contributed by atoms with E-state index in [1.807, 2.05) is 6.08 Å². The maximum Gasteiger partial charge on any atom is 0.155 e. The number of alkyl halides is 1. The minimum Gasteiger partial charge on any atom is -0.295 e. The molecule has 120 valence electrons. The molecule has 6 atom stereocenters. The summed E-state index contributed by atoms with van der Waals surface area (Å²) in [6.07, 6.45) is 9.74. The summed E-state index contributed by atoms with van der Waals surface area (Å²) in [5.74, 6) is 2.48. The number of rotatable bonds is 0. The molecule has 0 aromatic heterocycles. The Morgan fingerprint density at radius 1 is 1.14 bits per heavy atom. The molecule has 4 rings (SSSR count). The van der Waals surface area contributed by atoms with Crippen LogP contribution in [0.25, 0.3) is 0 Å². The Labute approximate surface area is 139 Å². The molecule has 1 nitrogen and oxygen atoms in total. The molecular weight excluding hydrogens is 292 g/mol. The van der Waals surface area contributed by atoms with Crippen molar-refractivity contribution in [3.63, 3.8) is 0 Å². The van der Waals surface area contributed by atoms with Crippen molar-refractivity contribution in [2.24, 2.45) is 28.6 Å². The highest BCUT2D eigenvalue weighted by atomic mass is 35.5. The van der Waals surface area contributed by atoms with Crippen molar-refractivity contribution in [2.75, 3.05) is 0 Å². The summed E-state index contributed by atoms with van der Waals surface area (Å²) in [7, 11) is 0. The van der Waals surface area contributed by atoms with Gasteiger partial charge >= 0.3 is 0 Å². The van der Waals surface area contributed by atoms with Crippen molar-refractivity contribution in [3.05, 3.63) is 23.8 Å². The minimum absolute atomic E-state index is 0.0618. The second-order valence-corrected chi connectivity index (χ2v) is 9.19. The number of halogens is 1. The molecule has 0 spiro atoms. The zero-order chi connectivity index (χ0) is 15.7. The molecule has 2 heteroatoms. The van der Waals surface area contributed by atoms with Crippen LogP contribution in [0.3, 0.4) is 0 Å². The number of carbonyl (C=O) groups excluding carboxylic acids is 1. The van der Waals surface area contributed by atoms with Gasteiger partial charge < -0.3 is 0 Å². The van der Waals surface area contributed by atoms with Gasteiger partial charge in [0.2, 0.25) is 0 Å². The summed E-state index contributed by atoms with van der Waals surface area (Å²) in [6.45, 7) is 9.23. The molecule has 3 saturated carbocycles. The zero-order valence-corrected chi connectivity index (χ0v) is 14.6. The lowest BCUT2D eigenvalue weighted by Crippen LogP contribution is -2.52. The van der Waals surface area contributed by atoms with Gasteiger partial charge in [0.05, 0.1) is 5.38 Å². The van der Waals surface area contributed by atoms with E-state index in [-0.39, 0.29) is 16.6 Å². The van der Waals surface area contributed by atoms with Gasteiger partial charge in [0.1, 0.15) is 0 Å². The molecule has 0 aliphatic heterocycles. The van der Waals surface area contributed by atoms with Gasteiger partial charge in [-0.25, -0.2) is 0 Å². The fourth-order valence-electron chi connectivity index (χ4n) is 6.47. The molecule has 0 aromatic rings. The van der Waals surface area contributed by atoms with Crippen LogP contribution >= 0.6 is 11.6 Å². The Morgan fingerprint density at radius 3 is 2.64 bits per heavy atom. The molecular formula is C20H27ClO. The van der Waals surface area contributed by atoms with Crippen LogP contribution in [0.4, 0.5) is 0 Å². The topological polar surface area (TPSA) is 17.1 Å². The largest absolute Gasteiger partial charge is 0.295 e. The lowest BCUT2D eigenvalue weighted by atomic mass is 9.47. The van der Waals surface area contributed by atoms with Crippen molar-refractivity contribution < 1.29 is 4.79 Å². The van der Waals surface area contributed by atoms with Crippen molar-refractivity contribution in [1.82, 2.24) is 0 Å². The van der Waals surface area contributed by atoms with Crippen LogP contribution in [-0.4, -0.2) is 11.2 Å². The Kier molecular flexibility index (Phi) is 3.22. The highest BCUT2D eigenvalue weighted by molar-refractivity contribution is 6.23. The number of carbonyl (C=O) groups is 1. The number of ketones is 1. The van der Waals surface area contributed by atoms with E-state index in [0.717, 1.165) is 24.7 Å². The van der Waals surface area contributed by atoms with Crippen LogP contribution in [0.2, 0.25) is 0 Å². The highest BCUT2D eigenvalue weighted by Gasteiger charge is 2.58. The summed E-state index contributed by atoms with van der Waals surface area (Å²) in [5.41, 5.74) is 3.24. The van der Waals surface area contributed by atoms with Crippen LogP contribution in [0, 0.1) is 28.6 Å². The van der Waals surface area contributed by atoms with Gasteiger partial charge in [0, 0.05) is 6.42 Å². The van der Waals surface area contributed by atoms with Crippen molar-refractivity contribution in [3.8, 4) is 0 Å². The molecule has 0 heterocycles. The number of allylic oxidation sites excluding steroid dienone is 2. The summed E-state index contributed by atoms with van der Waals surface area (Å²) in [5, 5.41) is 0.0618. The fraction of sp³-hybridized carbons (Fsp3) is 0.750. The van der Waals surface area contributed by atoms with Gasteiger partial charge in [-0.3, -0.25) is 4.79 Å². The summed E-state index contributed by atoms with van der Waals surface area (Å²) < 4.78 is 0. The summed E-state index contributed by atoms with van der Waals surface area (Å²) >= 11 is 6.79. The van der Waals surface area contributed by atoms with E-state index < -0.39 is 0 Å². The molecule has 4 aliphatic rings. The molecule has 3 unspecified atom stereocenters. The predicted molar refractivity (Wildman–Crippen MR) is 90.9 cm³/mol. The molecule has 0 N–H and O–H groups in total. The normalized spacial score (nSPS) is 51.0. The number of fused-ring (bicyclic) bond motifs is 5. The maximum atomic E-state index is 11.9. The standard InChI is InChI=1S/C20H27ClO/c1-12-4-5-15-14-11-18(21)17-10-13(22)6-8-20(17,3)16(14)7-9-19(12,15)2/h10,14-16,18H,1,4-9,11H2,2-3H3/t14?,15?,16?,18-,19-,20-/m1/s1. The average Bonchev–Trinajstić information content (AvgIpc) is 2.77. The molecule has 4 aliphatic carbocycles. The molecule has 0 aromatic carbocycles. The van der Waals surface area contributed by atoms with E-state index >= 15 is 0 Å². The second-order valence-electron chi connectivity index (χ2n) is 8.66. The van der Waals surface area contributed by atoms with E-state index in [1.165, 1.54) is 36.8 Å². The first-order valence-corrected chi connectivity index (χ1v) is 9.37. The van der Waals surface area contributed by atoms with E-state index in [1.54, 1.807) is 0 Å². The van der Waals surface area contributed by atoms with Crippen LogP contribution in [0.15, 0.2) is 23.8 Å². The first-order valence-electron chi connectivity index (χ1n) is 8.93. The van der Waals surface area contributed by atoms with Crippen LogP contribution in [0.1, 0.15) is 58.8 Å². The molecule has 22 heavy (non-hydrogen) atoms. The van der Waals surface area contributed by atoms with Crippen molar-refractivity contribution in [1.29, 1.82) is 0 Å². The van der Waals surface area contributed by atoms with E-state index in [9.17, 15) is 4.79 Å². The van der Waals surface area contributed by atoms with E-state index in [2.05, 4.69) is 20.4 Å². The third kappa shape index (κ3) is 1.81. The third-order valence-corrected chi connectivity index (χ3v) is 8.31. The predicted octanol–water partition coefficient (Wildman–Crippen LogP) is 5.29. The quantitative estimate of drug-likeness (QED) is 0.438. The third-order valence-electron chi connectivity index (χ3n) is 7.89. The van der Waals surface area contributed by atoms with Gasteiger partial charge in [0.25, 0.3) is 0 Å². The number of hydrogen-bond acceptors (Lipinski definition) is 1. The van der Waals surface area contributed by atoms with Crippen LogP contribution in [0.5, 0.6) is 0 Å².